The highest BCUT2D eigenvalue weighted by molar-refractivity contribution is 7.07. The predicted molar refractivity (Wildman–Crippen MR) is 126 cm³/mol. The molecule has 32 heavy (non-hydrogen) atoms. The first-order valence-electron chi connectivity index (χ1n) is 9.96. The molecule has 0 saturated carbocycles. The Labute approximate surface area is 187 Å². The molecule has 2 heterocycles. The van der Waals surface area contributed by atoms with Crippen molar-refractivity contribution in [2.75, 3.05) is 6.61 Å². The molecule has 0 atom stereocenters. The summed E-state index contributed by atoms with van der Waals surface area (Å²) in [6.07, 6.45) is 3.31. The smallest absolute Gasteiger partial charge is 0.345 e. The maximum atomic E-state index is 12.6. The highest BCUT2D eigenvalue weighted by Crippen LogP contribution is 2.26. The Kier molecular flexibility index (Phi) is 6.32. The molecule has 0 aliphatic heterocycles. The van der Waals surface area contributed by atoms with Crippen LogP contribution in [0.3, 0.4) is 0 Å². The highest BCUT2D eigenvalue weighted by atomic mass is 32.1. The van der Waals surface area contributed by atoms with Gasteiger partial charge in [0.15, 0.2) is 11.5 Å². The Balaban J connectivity index is 1.73. The van der Waals surface area contributed by atoms with Gasteiger partial charge in [0.2, 0.25) is 4.80 Å². The van der Waals surface area contributed by atoms with Crippen molar-refractivity contribution in [1.29, 1.82) is 0 Å². The number of ether oxygens (including phenoxy) is 1. The number of phenols is 1. The SMILES string of the molecule is C=CCn1c(-c2cc3ccccc3oc2=O)cs/c1=N\N=C\c1ccc(O)c(OCC)c1. The molecule has 4 rings (SSSR count). The number of hydrogen-bond acceptors (Lipinski definition) is 7. The number of benzene rings is 2. The number of aromatic nitrogens is 1. The Hall–Kier alpha value is -3.91. The molecule has 0 saturated heterocycles. The van der Waals surface area contributed by atoms with Gasteiger partial charge in [0, 0.05) is 17.3 Å². The fourth-order valence-corrected chi connectivity index (χ4v) is 4.06. The van der Waals surface area contributed by atoms with Gasteiger partial charge >= 0.3 is 5.63 Å². The van der Waals surface area contributed by atoms with Crippen LogP contribution in [0.4, 0.5) is 0 Å². The van der Waals surface area contributed by atoms with Gasteiger partial charge in [0.1, 0.15) is 5.58 Å². The standard InChI is InChI=1S/C24H21N3O4S/c1-3-11-27-19(18-13-17-7-5-6-8-21(17)31-23(18)29)15-32-24(27)26-25-14-16-9-10-20(28)22(12-16)30-4-2/h3,5-10,12-15,28H,1,4,11H2,2H3/b25-14+,26-24-. The van der Waals surface area contributed by atoms with Crippen LogP contribution in [0.5, 0.6) is 11.5 Å². The van der Waals surface area contributed by atoms with Crippen LogP contribution in [0.1, 0.15) is 12.5 Å². The van der Waals surface area contributed by atoms with Crippen LogP contribution in [-0.2, 0) is 6.54 Å². The van der Waals surface area contributed by atoms with E-state index in [4.69, 9.17) is 9.15 Å². The second-order valence-electron chi connectivity index (χ2n) is 6.79. The molecule has 0 amide bonds. The van der Waals surface area contributed by atoms with Crippen LogP contribution < -0.4 is 15.2 Å². The third kappa shape index (κ3) is 4.40. The second kappa shape index (κ2) is 9.49. The van der Waals surface area contributed by atoms with Crippen LogP contribution in [-0.4, -0.2) is 22.5 Å². The van der Waals surface area contributed by atoms with E-state index in [9.17, 15) is 9.90 Å². The van der Waals surface area contributed by atoms with E-state index in [1.54, 1.807) is 36.6 Å². The van der Waals surface area contributed by atoms with Crippen molar-refractivity contribution < 1.29 is 14.3 Å². The first kappa shape index (κ1) is 21.3. The van der Waals surface area contributed by atoms with Crippen molar-refractivity contribution in [2.45, 2.75) is 13.5 Å². The zero-order valence-electron chi connectivity index (χ0n) is 17.4. The second-order valence-corrected chi connectivity index (χ2v) is 7.63. The molecule has 2 aromatic heterocycles. The quantitative estimate of drug-likeness (QED) is 0.195. The molecule has 0 radical (unpaired) electrons. The summed E-state index contributed by atoms with van der Waals surface area (Å²) in [7, 11) is 0. The van der Waals surface area contributed by atoms with Gasteiger partial charge in [0.05, 0.1) is 24.1 Å². The number of para-hydroxylation sites is 1. The van der Waals surface area contributed by atoms with Crippen LogP contribution in [0, 0.1) is 0 Å². The lowest BCUT2D eigenvalue weighted by molar-refractivity contribution is 0.318. The molecule has 7 nitrogen and oxygen atoms in total. The first-order valence-corrected chi connectivity index (χ1v) is 10.8. The van der Waals surface area contributed by atoms with Gasteiger partial charge < -0.3 is 18.8 Å². The Bertz CT molecular complexity index is 1430. The van der Waals surface area contributed by atoms with E-state index in [2.05, 4.69) is 16.8 Å². The highest BCUT2D eigenvalue weighted by Gasteiger charge is 2.13. The van der Waals surface area contributed by atoms with Crippen LogP contribution >= 0.6 is 11.3 Å². The van der Waals surface area contributed by atoms with Crippen molar-refractivity contribution in [3.8, 4) is 22.8 Å². The summed E-state index contributed by atoms with van der Waals surface area (Å²) >= 11 is 1.36. The molecular formula is C24H21N3O4S. The summed E-state index contributed by atoms with van der Waals surface area (Å²) < 4.78 is 12.7. The number of phenolic OH excluding ortho intramolecular Hbond substituents is 1. The fourth-order valence-electron chi connectivity index (χ4n) is 3.20. The number of aromatic hydroxyl groups is 1. The number of allylic oxidation sites excluding steroid dienone is 1. The molecule has 0 aliphatic rings. The van der Waals surface area contributed by atoms with E-state index in [0.29, 0.717) is 40.5 Å². The van der Waals surface area contributed by atoms with Crippen molar-refractivity contribution >= 4 is 28.5 Å². The molecule has 162 valence electrons. The average Bonchev–Trinajstić information content (AvgIpc) is 3.18. The average molecular weight is 448 g/mol. The number of hydrogen-bond donors (Lipinski definition) is 1. The number of thiazole rings is 1. The monoisotopic (exact) mass is 447 g/mol. The lowest BCUT2D eigenvalue weighted by Crippen LogP contribution is -2.17. The third-order valence-electron chi connectivity index (χ3n) is 4.66. The van der Waals surface area contributed by atoms with Gasteiger partial charge in [-0.05, 0) is 42.8 Å². The van der Waals surface area contributed by atoms with Gasteiger partial charge in [-0.15, -0.1) is 23.0 Å². The van der Waals surface area contributed by atoms with E-state index >= 15 is 0 Å². The third-order valence-corrected chi connectivity index (χ3v) is 5.51. The van der Waals surface area contributed by atoms with Crippen LogP contribution in [0.15, 0.2) is 86.0 Å². The Morgan fingerprint density at radius 1 is 1.25 bits per heavy atom. The summed E-state index contributed by atoms with van der Waals surface area (Å²) in [6.45, 7) is 6.55. The molecule has 2 aromatic carbocycles. The summed E-state index contributed by atoms with van der Waals surface area (Å²) in [5, 5.41) is 21.0. The molecule has 0 spiro atoms. The zero-order valence-corrected chi connectivity index (χ0v) is 18.2. The van der Waals surface area contributed by atoms with Crippen LogP contribution in [0.25, 0.3) is 22.2 Å². The lowest BCUT2D eigenvalue weighted by atomic mass is 10.1. The van der Waals surface area contributed by atoms with E-state index in [1.165, 1.54) is 11.3 Å². The molecule has 0 bridgehead atoms. The van der Waals surface area contributed by atoms with E-state index in [1.807, 2.05) is 41.1 Å². The maximum absolute atomic E-state index is 12.6. The van der Waals surface area contributed by atoms with E-state index in [-0.39, 0.29) is 5.75 Å². The largest absolute Gasteiger partial charge is 0.504 e. The van der Waals surface area contributed by atoms with Gasteiger partial charge in [0.25, 0.3) is 0 Å². The summed E-state index contributed by atoms with van der Waals surface area (Å²) in [5.74, 6) is 0.460. The zero-order chi connectivity index (χ0) is 22.5. The predicted octanol–water partition coefficient (Wildman–Crippen LogP) is 4.55. The minimum Gasteiger partial charge on any atom is -0.504 e. The summed E-state index contributed by atoms with van der Waals surface area (Å²) in [5.41, 5.74) is 2.00. The fraction of sp³-hybridized carbons (Fsp3) is 0.125. The summed E-state index contributed by atoms with van der Waals surface area (Å²) in [4.78, 5) is 13.2. The molecule has 0 aliphatic carbocycles. The molecule has 1 N–H and O–H groups in total. The van der Waals surface area contributed by atoms with Gasteiger partial charge in [-0.1, -0.05) is 24.3 Å². The van der Waals surface area contributed by atoms with Gasteiger partial charge in [-0.3, -0.25) is 0 Å². The minimum absolute atomic E-state index is 0.0712. The molecule has 8 heteroatoms. The molecule has 4 aromatic rings. The Morgan fingerprint density at radius 3 is 2.91 bits per heavy atom. The first-order chi connectivity index (χ1) is 15.6. The van der Waals surface area contributed by atoms with Crippen molar-refractivity contribution in [2.24, 2.45) is 10.2 Å². The van der Waals surface area contributed by atoms with Gasteiger partial charge in [-0.25, -0.2) is 4.79 Å². The number of rotatable bonds is 7. The van der Waals surface area contributed by atoms with Crippen molar-refractivity contribution in [1.82, 2.24) is 4.57 Å². The summed E-state index contributed by atoms with van der Waals surface area (Å²) in [6, 6.07) is 14.2. The molecule has 0 fully saturated rings. The Morgan fingerprint density at radius 2 is 2.09 bits per heavy atom. The maximum Gasteiger partial charge on any atom is 0.345 e. The molecular weight excluding hydrogens is 426 g/mol. The lowest BCUT2D eigenvalue weighted by Gasteiger charge is -2.06. The van der Waals surface area contributed by atoms with Crippen LogP contribution in [0.2, 0.25) is 0 Å². The van der Waals surface area contributed by atoms with E-state index < -0.39 is 5.63 Å². The number of fused-ring (bicyclic) bond motifs is 1. The minimum atomic E-state index is -0.415. The normalized spacial score (nSPS) is 12.0. The topological polar surface area (TPSA) is 89.3 Å². The van der Waals surface area contributed by atoms with Crippen molar-refractivity contribution in [3.63, 3.8) is 0 Å². The van der Waals surface area contributed by atoms with Crippen molar-refractivity contribution in [3.05, 3.63) is 87.4 Å². The molecule has 0 unspecified atom stereocenters. The van der Waals surface area contributed by atoms with E-state index in [0.717, 1.165) is 10.9 Å². The van der Waals surface area contributed by atoms with Gasteiger partial charge in [-0.2, -0.15) is 5.10 Å². The number of nitrogens with zero attached hydrogens (tertiary/aromatic N) is 3.